The highest BCUT2D eigenvalue weighted by Gasteiger charge is 2.22. The van der Waals surface area contributed by atoms with Crippen molar-refractivity contribution in [3.05, 3.63) is 12.3 Å². The zero-order valence-electron chi connectivity index (χ0n) is 14.2. The molecule has 1 aliphatic rings. The van der Waals surface area contributed by atoms with Crippen LogP contribution in [0.2, 0.25) is 0 Å². The van der Waals surface area contributed by atoms with Crippen LogP contribution in [0.4, 0.5) is 0 Å². The third-order valence-corrected chi connectivity index (χ3v) is 5.57. The molecule has 1 aromatic rings. The predicted molar refractivity (Wildman–Crippen MR) is 88.4 cm³/mol. The molecule has 0 aromatic carbocycles. The second-order valence-electron chi connectivity index (χ2n) is 6.54. The number of sulfonamides is 1. The number of nitrogens with zero attached hydrogens (tertiary/aromatic N) is 3. The molecule has 0 bridgehead atoms. The Kier molecular flexibility index (Phi) is 6.58. The Balaban J connectivity index is 1.80. The van der Waals surface area contributed by atoms with E-state index in [-0.39, 0.29) is 11.8 Å². The van der Waals surface area contributed by atoms with Crippen molar-refractivity contribution in [3.8, 4) is 0 Å². The van der Waals surface area contributed by atoms with Gasteiger partial charge in [0.2, 0.25) is 0 Å². The average molecular weight is 344 g/mol. The largest absolute Gasteiger partial charge is 0.362 e. The van der Waals surface area contributed by atoms with Gasteiger partial charge in [0.25, 0.3) is 10.0 Å². The molecular weight excluding hydrogens is 316 g/mol. The Labute approximate surface area is 139 Å². The first kappa shape index (κ1) is 18.4. The van der Waals surface area contributed by atoms with E-state index in [1.54, 1.807) is 0 Å². The van der Waals surface area contributed by atoms with Gasteiger partial charge in [-0.2, -0.15) is 5.10 Å². The van der Waals surface area contributed by atoms with Gasteiger partial charge >= 0.3 is 0 Å². The first-order chi connectivity index (χ1) is 10.9. The molecular formula is C15H28N4O3S. The lowest BCUT2D eigenvalue weighted by atomic mass is 9.92. The normalized spacial score (nSPS) is 23.3. The molecule has 8 heteroatoms. The Morgan fingerprint density at radius 1 is 1.35 bits per heavy atom. The van der Waals surface area contributed by atoms with Gasteiger partial charge in [-0.1, -0.05) is 13.8 Å². The van der Waals surface area contributed by atoms with Crippen molar-refractivity contribution in [2.75, 3.05) is 33.3 Å². The predicted octanol–water partition coefficient (Wildman–Crippen LogP) is 1.13. The van der Waals surface area contributed by atoms with Gasteiger partial charge in [-0.15, -0.1) is 0 Å². The fourth-order valence-electron chi connectivity index (χ4n) is 3.33. The summed E-state index contributed by atoms with van der Waals surface area (Å²) in [5.41, 5.74) is 0. The first-order valence-corrected chi connectivity index (χ1v) is 9.63. The van der Waals surface area contributed by atoms with Crippen LogP contribution in [0.25, 0.3) is 0 Å². The van der Waals surface area contributed by atoms with Crippen LogP contribution in [-0.2, 0) is 21.5 Å². The quantitative estimate of drug-likeness (QED) is 0.716. The van der Waals surface area contributed by atoms with Crippen LogP contribution < -0.4 is 4.72 Å². The molecule has 1 N–H and O–H groups in total. The molecule has 1 aromatic heterocycles. The van der Waals surface area contributed by atoms with Gasteiger partial charge in [0.15, 0.2) is 5.03 Å². The number of nitrogens with one attached hydrogen (secondary N) is 1. The van der Waals surface area contributed by atoms with E-state index in [0.29, 0.717) is 6.54 Å². The topological polar surface area (TPSA) is 76.5 Å². The Hall–Kier alpha value is -0.960. The maximum atomic E-state index is 12.3. The molecule has 7 nitrogen and oxygen atoms in total. The second kappa shape index (κ2) is 8.23. The van der Waals surface area contributed by atoms with Crippen LogP contribution in [0, 0.1) is 11.8 Å². The summed E-state index contributed by atoms with van der Waals surface area (Å²) in [4.78, 5) is 2.43. The monoisotopic (exact) mass is 344 g/mol. The number of hydrogen-bond donors (Lipinski definition) is 1. The van der Waals surface area contributed by atoms with Gasteiger partial charge in [0, 0.05) is 26.7 Å². The number of ether oxygens (including phenoxy) is 1. The highest BCUT2D eigenvalue weighted by molar-refractivity contribution is 7.89. The Morgan fingerprint density at radius 3 is 2.70 bits per heavy atom. The molecule has 0 aliphatic carbocycles. The third-order valence-electron chi connectivity index (χ3n) is 4.09. The molecule has 0 amide bonds. The Morgan fingerprint density at radius 2 is 2.04 bits per heavy atom. The maximum absolute atomic E-state index is 12.3. The highest BCUT2D eigenvalue weighted by atomic mass is 32.2. The van der Waals surface area contributed by atoms with Crippen molar-refractivity contribution in [2.45, 2.75) is 38.4 Å². The fourth-order valence-corrected chi connectivity index (χ4v) is 4.50. The Bertz CT molecular complexity index is 577. The van der Waals surface area contributed by atoms with Crippen LogP contribution >= 0.6 is 0 Å². The van der Waals surface area contributed by atoms with E-state index in [2.05, 4.69) is 28.6 Å². The zero-order valence-corrected chi connectivity index (χ0v) is 15.1. The van der Waals surface area contributed by atoms with Crippen LogP contribution in [0.5, 0.6) is 0 Å². The lowest BCUT2D eigenvalue weighted by molar-refractivity contribution is 0.112. The molecule has 0 saturated carbocycles. The molecule has 1 aliphatic heterocycles. The van der Waals surface area contributed by atoms with Gasteiger partial charge in [0.1, 0.15) is 6.73 Å². The molecule has 2 atom stereocenters. The number of aromatic nitrogens is 2. The molecule has 23 heavy (non-hydrogen) atoms. The molecule has 2 heterocycles. The van der Waals surface area contributed by atoms with E-state index in [1.165, 1.54) is 30.5 Å². The van der Waals surface area contributed by atoms with Gasteiger partial charge in [-0.05, 0) is 37.3 Å². The lowest BCUT2D eigenvalue weighted by Crippen LogP contribution is -2.40. The van der Waals surface area contributed by atoms with Crippen molar-refractivity contribution >= 4 is 10.0 Å². The first-order valence-electron chi connectivity index (χ1n) is 8.15. The summed E-state index contributed by atoms with van der Waals surface area (Å²) in [7, 11) is -2.04. The molecule has 2 rings (SSSR count). The summed E-state index contributed by atoms with van der Waals surface area (Å²) in [6.07, 6.45) is 3.55. The third kappa shape index (κ3) is 5.27. The minimum absolute atomic E-state index is 0.118. The van der Waals surface area contributed by atoms with Gasteiger partial charge in [-0.25, -0.2) is 17.8 Å². The van der Waals surface area contributed by atoms with Gasteiger partial charge in [-0.3, -0.25) is 0 Å². The number of likely N-dealkylation sites (tertiary alicyclic amines) is 1. The number of piperidine rings is 1. The van der Waals surface area contributed by atoms with E-state index in [0.717, 1.165) is 37.9 Å². The lowest BCUT2D eigenvalue weighted by Gasteiger charge is -2.34. The number of methoxy groups -OCH3 is 1. The van der Waals surface area contributed by atoms with Gasteiger partial charge < -0.3 is 9.64 Å². The molecule has 1 fully saturated rings. The SMILES string of the molecule is COCn1nccc1S(=O)(=O)NCCCN1C[C@H](C)C[C@@H](C)C1. The zero-order chi connectivity index (χ0) is 16.9. The average Bonchev–Trinajstić information content (AvgIpc) is 2.92. The van der Waals surface area contributed by atoms with Gasteiger partial charge in [0.05, 0.1) is 6.20 Å². The summed E-state index contributed by atoms with van der Waals surface area (Å²) in [5.74, 6) is 1.44. The van der Waals surface area contributed by atoms with Crippen LogP contribution in [0.1, 0.15) is 26.7 Å². The number of hydrogen-bond acceptors (Lipinski definition) is 5. The van der Waals surface area contributed by atoms with Crippen molar-refractivity contribution in [3.63, 3.8) is 0 Å². The van der Waals surface area contributed by atoms with Crippen molar-refractivity contribution in [2.24, 2.45) is 11.8 Å². The smallest absolute Gasteiger partial charge is 0.257 e. The van der Waals surface area contributed by atoms with E-state index in [1.807, 2.05) is 0 Å². The minimum Gasteiger partial charge on any atom is -0.362 e. The van der Waals surface area contributed by atoms with Crippen molar-refractivity contribution in [1.29, 1.82) is 0 Å². The van der Waals surface area contributed by atoms with Crippen LogP contribution in [0.3, 0.4) is 0 Å². The summed E-state index contributed by atoms with van der Waals surface area (Å²) < 4.78 is 33.5. The van der Waals surface area contributed by atoms with Crippen LogP contribution in [0.15, 0.2) is 17.3 Å². The highest BCUT2D eigenvalue weighted by Crippen LogP contribution is 2.20. The molecule has 0 radical (unpaired) electrons. The fraction of sp³-hybridized carbons (Fsp3) is 0.800. The maximum Gasteiger partial charge on any atom is 0.257 e. The van der Waals surface area contributed by atoms with E-state index in [4.69, 9.17) is 4.74 Å². The molecule has 1 saturated heterocycles. The molecule has 132 valence electrons. The summed E-state index contributed by atoms with van der Waals surface area (Å²) in [6, 6.07) is 1.48. The molecule has 0 unspecified atom stereocenters. The van der Waals surface area contributed by atoms with E-state index in [9.17, 15) is 8.42 Å². The number of rotatable bonds is 8. The van der Waals surface area contributed by atoms with E-state index < -0.39 is 10.0 Å². The van der Waals surface area contributed by atoms with Crippen molar-refractivity contribution < 1.29 is 13.2 Å². The standard InChI is InChI=1S/C15H28N4O3S/c1-13-9-14(2)11-18(10-13)8-4-6-17-23(20,21)15-5-7-16-19(15)12-22-3/h5,7,13-14,17H,4,6,8-12H2,1-3H3/t13-,14-/m1/s1. The molecule has 0 spiro atoms. The van der Waals surface area contributed by atoms with Crippen LogP contribution in [-0.4, -0.2) is 56.4 Å². The second-order valence-corrected chi connectivity index (χ2v) is 8.26. The van der Waals surface area contributed by atoms with Crippen molar-refractivity contribution in [1.82, 2.24) is 19.4 Å². The summed E-state index contributed by atoms with van der Waals surface area (Å²) in [6.45, 7) is 8.25. The minimum atomic E-state index is -3.54. The summed E-state index contributed by atoms with van der Waals surface area (Å²) >= 11 is 0. The summed E-state index contributed by atoms with van der Waals surface area (Å²) in [5, 5.41) is 4.09. The van der Waals surface area contributed by atoms with E-state index >= 15 is 0 Å².